The first-order valence-electron chi connectivity index (χ1n) is 9.99. The molecule has 4 nitrogen and oxygen atoms in total. The Bertz CT molecular complexity index is 707. The molecule has 2 saturated heterocycles. The molecule has 2 saturated carbocycles. The Morgan fingerprint density at radius 2 is 2.19 bits per heavy atom. The Kier molecular flexibility index (Phi) is 4.00. The number of allylic oxidation sites excluding steroid dienone is 3. The summed E-state index contributed by atoms with van der Waals surface area (Å²) in [5.41, 5.74) is 0.346. The van der Waals surface area contributed by atoms with E-state index in [0.29, 0.717) is 24.5 Å². The quantitative estimate of drug-likeness (QED) is 0.551. The number of hydrogen-bond acceptors (Lipinski definition) is 4. The van der Waals surface area contributed by atoms with Crippen molar-refractivity contribution in [2.45, 2.75) is 71.5 Å². The highest BCUT2D eigenvalue weighted by molar-refractivity contribution is 5.96. The molecule has 4 fully saturated rings. The molecule has 4 bridgehead atoms. The van der Waals surface area contributed by atoms with Gasteiger partial charge in [-0.3, -0.25) is 4.79 Å². The van der Waals surface area contributed by atoms with Gasteiger partial charge in [0.25, 0.3) is 0 Å². The first-order chi connectivity index (χ1) is 12.2. The van der Waals surface area contributed by atoms with Gasteiger partial charge in [0.05, 0.1) is 18.3 Å². The van der Waals surface area contributed by atoms with E-state index in [2.05, 4.69) is 19.9 Å². The lowest BCUT2D eigenvalue weighted by Crippen LogP contribution is -2.56. The highest BCUT2D eigenvalue weighted by atomic mass is 16.5. The van der Waals surface area contributed by atoms with Gasteiger partial charge in [0.1, 0.15) is 0 Å². The van der Waals surface area contributed by atoms with E-state index in [1.165, 1.54) is 0 Å². The molecule has 2 heterocycles. The van der Waals surface area contributed by atoms with Gasteiger partial charge in [-0.1, -0.05) is 19.1 Å². The summed E-state index contributed by atoms with van der Waals surface area (Å²) in [4.78, 5) is 24.7. The van der Waals surface area contributed by atoms with Crippen molar-refractivity contribution in [3.8, 4) is 0 Å². The minimum Gasteiger partial charge on any atom is -0.463 e. The summed E-state index contributed by atoms with van der Waals surface area (Å²) in [7, 11) is 0. The van der Waals surface area contributed by atoms with E-state index < -0.39 is 5.41 Å². The topological polar surface area (TPSA) is 52.6 Å². The van der Waals surface area contributed by atoms with Crippen molar-refractivity contribution >= 4 is 11.8 Å². The van der Waals surface area contributed by atoms with Crippen LogP contribution in [0.5, 0.6) is 0 Å². The van der Waals surface area contributed by atoms with Crippen LogP contribution in [0.1, 0.15) is 59.8 Å². The molecular weight excluding hydrogens is 328 g/mol. The molecule has 4 heteroatoms. The van der Waals surface area contributed by atoms with E-state index in [9.17, 15) is 9.59 Å². The normalized spacial score (nSPS) is 45.9. The van der Waals surface area contributed by atoms with Gasteiger partial charge < -0.3 is 9.47 Å². The third-order valence-electron chi connectivity index (χ3n) is 7.63. The maximum Gasteiger partial charge on any atom is 0.333 e. The van der Waals surface area contributed by atoms with Crippen molar-refractivity contribution in [2.75, 3.05) is 6.61 Å². The van der Waals surface area contributed by atoms with Crippen molar-refractivity contribution in [3.05, 3.63) is 23.8 Å². The summed E-state index contributed by atoms with van der Waals surface area (Å²) in [6.07, 6.45) is 10.9. The van der Waals surface area contributed by atoms with Crippen LogP contribution in [0.2, 0.25) is 0 Å². The summed E-state index contributed by atoms with van der Waals surface area (Å²) in [5, 5.41) is 0. The Labute approximate surface area is 156 Å². The molecule has 2 aliphatic heterocycles. The molecule has 1 spiro atoms. The van der Waals surface area contributed by atoms with E-state index in [-0.39, 0.29) is 34.8 Å². The molecular formula is C22H30O4. The van der Waals surface area contributed by atoms with Gasteiger partial charge >= 0.3 is 5.97 Å². The lowest BCUT2D eigenvalue weighted by Gasteiger charge is -2.55. The van der Waals surface area contributed by atoms with Crippen molar-refractivity contribution in [2.24, 2.45) is 22.7 Å². The van der Waals surface area contributed by atoms with Crippen molar-refractivity contribution in [3.63, 3.8) is 0 Å². The fraction of sp³-hybridized carbons (Fsp3) is 0.727. The smallest absolute Gasteiger partial charge is 0.333 e. The maximum atomic E-state index is 12.9. The predicted molar refractivity (Wildman–Crippen MR) is 98.4 cm³/mol. The van der Waals surface area contributed by atoms with E-state index in [1.807, 2.05) is 19.1 Å². The largest absolute Gasteiger partial charge is 0.463 e. The number of ether oxygens (including phenoxy) is 2. The van der Waals surface area contributed by atoms with E-state index >= 15 is 0 Å². The summed E-state index contributed by atoms with van der Waals surface area (Å²) >= 11 is 0. The standard InChI is InChI=1S/C22H30O4/c1-5-25-19(24)14(2)7-6-9-20(3)17(23)8-10-22-12-15-11-16(18(20)22)26-21(15,4)13-22/h7-8,10,15-16,18H,5-6,9,11-13H2,1-4H3/b14-7+/t15-,16+,18+,20-,21+,22+/m1/s1. The fourth-order valence-corrected chi connectivity index (χ4v) is 6.56. The average Bonchev–Trinajstić information content (AvgIpc) is 2.93. The monoisotopic (exact) mass is 358 g/mol. The average molecular weight is 358 g/mol. The molecule has 6 atom stereocenters. The van der Waals surface area contributed by atoms with Gasteiger partial charge in [0.15, 0.2) is 5.78 Å². The zero-order valence-corrected chi connectivity index (χ0v) is 16.3. The van der Waals surface area contributed by atoms with Crippen molar-refractivity contribution in [1.82, 2.24) is 0 Å². The van der Waals surface area contributed by atoms with Crippen LogP contribution in [0.25, 0.3) is 0 Å². The second kappa shape index (κ2) is 5.79. The third-order valence-corrected chi connectivity index (χ3v) is 7.63. The van der Waals surface area contributed by atoms with Crippen LogP contribution in [0.3, 0.4) is 0 Å². The molecule has 142 valence electrons. The zero-order valence-electron chi connectivity index (χ0n) is 16.3. The maximum absolute atomic E-state index is 12.9. The van der Waals surface area contributed by atoms with Gasteiger partial charge in [-0.15, -0.1) is 0 Å². The van der Waals surface area contributed by atoms with Gasteiger partial charge in [-0.25, -0.2) is 4.79 Å². The Balaban J connectivity index is 1.56. The summed E-state index contributed by atoms with van der Waals surface area (Å²) in [6.45, 7) is 8.36. The first kappa shape index (κ1) is 18.0. The van der Waals surface area contributed by atoms with Crippen LogP contribution in [0.4, 0.5) is 0 Å². The highest BCUT2D eigenvalue weighted by Gasteiger charge is 2.71. The van der Waals surface area contributed by atoms with E-state index in [4.69, 9.17) is 9.47 Å². The molecule has 3 aliphatic carbocycles. The lowest BCUT2D eigenvalue weighted by molar-refractivity contribution is -0.168. The van der Waals surface area contributed by atoms with Gasteiger partial charge in [-0.05, 0) is 70.3 Å². The third kappa shape index (κ3) is 2.37. The molecule has 0 aromatic carbocycles. The summed E-state index contributed by atoms with van der Waals surface area (Å²) < 4.78 is 11.5. The number of hydrogen-bond donors (Lipinski definition) is 0. The van der Waals surface area contributed by atoms with Crippen molar-refractivity contribution < 1.29 is 19.1 Å². The van der Waals surface area contributed by atoms with Crippen LogP contribution < -0.4 is 0 Å². The zero-order chi connectivity index (χ0) is 18.7. The molecule has 0 radical (unpaired) electrons. The SMILES string of the molecule is CCOC(=O)/C(C)=C/CC[C@]1(C)C(=O)C=C[C@]23C[C@H]4C[C@H](O[C@@]4(C)C2)[C@H]31. The molecule has 5 rings (SSSR count). The molecule has 5 aliphatic rings. The molecule has 0 unspecified atom stereocenters. The van der Waals surface area contributed by atoms with Gasteiger partial charge in [0, 0.05) is 16.9 Å². The van der Waals surface area contributed by atoms with Crippen LogP contribution >= 0.6 is 0 Å². The fourth-order valence-electron chi connectivity index (χ4n) is 6.56. The van der Waals surface area contributed by atoms with Gasteiger partial charge in [0.2, 0.25) is 0 Å². The number of carbonyl (C=O) groups is 2. The van der Waals surface area contributed by atoms with Crippen LogP contribution in [0, 0.1) is 22.7 Å². The Morgan fingerprint density at radius 3 is 2.88 bits per heavy atom. The second-order valence-corrected chi connectivity index (χ2v) is 9.25. The minimum absolute atomic E-state index is 0.00715. The van der Waals surface area contributed by atoms with Crippen LogP contribution in [-0.4, -0.2) is 30.1 Å². The van der Waals surface area contributed by atoms with E-state index in [0.717, 1.165) is 25.7 Å². The van der Waals surface area contributed by atoms with Gasteiger partial charge in [-0.2, -0.15) is 0 Å². The Hall–Kier alpha value is -1.42. The highest BCUT2D eigenvalue weighted by Crippen LogP contribution is 2.71. The summed E-state index contributed by atoms with van der Waals surface area (Å²) in [5.74, 6) is 0.851. The molecule has 0 aromatic heterocycles. The number of carbonyl (C=O) groups excluding carboxylic acids is 2. The van der Waals surface area contributed by atoms with Crippen LogP contribution in [0.15, 0.2) is 23.8 Å². The summed E-state index contributed by atoms with van der Waals surface area (Å²) in [6, 6.07) is 0. The van der Waals surface area contributed by atoms with Crippen molar-refractivity contribution in [1.29, 1.82) is 0 Å². The lowest BCUT2D eigenvalue weighted by atomic mass is 9.51. The number of ketones is 1. The Morgan fingerprint density at radius 1 is 1.42 bits per heavy atom. The van der Waals surface area contributed by atoms with Crippen LogP contribution in [-0.2, 0) is 19.1 Å². The predicted octanol–water partition coefficient (Wildman–Crippen LogP) is 4.00. The first-order valence-corrected chi connectivity index (χ1v) is 9.99. The number of rotatable bonds is 5. The number of esters is 1. The molecule has 26 heavy (non-hydrogen) atoms. The molecule has 0 amide bonds. The second-order valence-electron chi connectivity index (χ2n) is 9.25. The minimum atomic E-state index is -0.415. The molecule has 0 N–H and O–H groups in total. The van der Waals surface area contributed by atoms with E-state index in [1.54, 1.807) is 6.92 Å². The molecule has 0 aromatic rings.